The van der Waals surface area contributed by atoms with Crippen LogP contribution in [0, 0.1) is 17.8 Å². The van der Waals surface area contributed by atoms with Crippen molar-refractivity contribution >= 4 is 35.6 Å². The van der Waals surface area contributed by atoms with Crippen LogP contribution in [-0.2, 0) is 9.22 Å². The molecule has 0 spiro atoms. The van der Waals surface area contributed by atoms with E-state index < -0.39 is 8.32 Å². The van der Waals surface area contributed by atoms with Crippen LogP contribution in [0.1, 0.15) is 67.7 Å². The Morgan fingerprint density at radius 2 is 1.33 bits per heavy atom. The van der Waals surface area contributed by atoms with Gasteiger partial charge in [0.25, 0.3) is 8.32 Å². The zero-order valence-electron chi connectivity index (χ0n) is 21.8. The van der Waals surface area contributed by atoms with Crippen molar-refractivity contribution < 1.29 is 9.22 Å². The molecule has 0 unspecified atom stereocenters. The molecule has 0 radical (unpaired) electrons. The summed E-state index contributed by atoms with van der Waals surface area (Å²) in [6.45, 7) is 16.7. The van der Waals surface area contributed by atoms with E-state index in [0.717, 1.165) is 25.2 Å². The molecule has 3 atom stereocenters. The van der Waals surface area contributed by atoms with Gasteiger partial charge in [-0.2, -0.15) is 0 Å². The first-order valence-electron chi connectivity index (χ1n) is 12.5. The summed E-state index contributed by atoms with van der Waals surface area (Å²) >= 11 is 1.46. The molecule has 0 amide bonds. The molecule has 2 rings (SSSR count). The first kappa shape index (κ1) is 27.9. The minimum absolute atomic E-state index is 0.00681. The van der Waals surface area contributed by atoms with Crippen LogP contribution in [0.25, 0.3) is 0 Å². The summed E-state index contributed by atoms with van der Waals surface area (Å²) in [7, 11) is -2.47. The third kappa shape index (κ3) is 7.83. The zero-order chi connectivity index (χ0) is 24.5. The summed E-state index contributed by atoms with van der Waals surface area (Å²) in [6, 6.07) is 21.8. The molecule has 0 aliphatic carbocycles. The van der Waals surface area contributed by atoms with Crippen LogP contribution in [0.4, 0.5) is 0 Å². The molecular weight excluding hydrogens is 440 g/mol. The molecule has 2 aromatic rings. The molecule has 4 heteroatoms. The third-order valence-electron chi connectivity index (χ3n) is 6.43. The van der Waals surface area contributed by atoms with Crippen LogP contribution < -0.4 is 10.4 Å². The number of benzene rings is 2. The Morgan fingerprint density at radius 1 is 0.848 bits per heavy atom. The number of thioether (sulfide) groups is 1. The topological polar surface area (TPSA) is 26.3 Å². The van der Waals surface area contributed by atoms with Crippen LogP contribution in [0.2, 0.25) is 5.04 Å². The number of hydrogen-bond donors (Lipinski definition) is 0. The van der Waals surface area contributed by atoms with Crippen molar-refractivity contribution in [3.8, 4) is 0 Å². The van der Waals surface area contributed by atoms with Gasteiger partial charge in [0.15, 0.2) is 5.12 Å². The highest BCUT2D eigenvalue weighted by Gasteiger charge is 2.50. The molecule has 0 N–H and O–H groups in total. The highest BCUT2D eigenvalue weighted by molar-refractivity contribution is 8.13. The Kier molecular flexibility index (Phi) is 10.9. The number of rotatable bonds is 12. The van der Waals surface area contributed by atoms with Crippen molar-refractivity contribution in [2.45, 2.75) is 72.8 Å². The van der Waals surface area contributed by atoms with E-state index in [1.54, 1.807) is 0 Å². The number of carbonyl (C=O) groups excluding carboxylic acids is 1. The van der Waals surface area contributed by atoms with E-state index in [2.05, 4.69) is 102 Å². The fraction of sp³-hybridized carbons (Fsp3) is 0.552. The van der Waals surface area contributed by atoms with Gasteiger partial charge in [0.2, 0.25) is 0 Å². The van der Waals surface area contributed by atoms with Gasteiger partial charge in [-0.3, -0.25) is 4.79 Å². The highest BCUT2D eigenvalue weighted by Crippen LogP contribution is 2.37. The molecular formula is C29H44O2SSi. The SMILES string of the molecule is CCSC(=O)C[C@H](C)C[C@H](C)C[C@H](C)CO[Si](c1ccccc1)(c1ccccc1)C(C)(C)C. The molecule has 0 saturated heterocycles. The minimum atomic E-state index is -2.47. The average Bonchev–Trinajstić information content (AvgIpc) is 2.74. The van der Waals surface area contributed by atoms with Gasteiger partial charge >= 0.3 is 0 Å². The van der Waals surface area contributed by atoms with Crippen molar-refractivity contribution in [3.05, 3.63) is 60.7 Å². The summed E-state index contributed by atoms with van der Waals surface area (Å²) in [5.41, 5.74) is 0. The average molecular weight is 485 g/mol. The second kappa shape index (κ2) is 12.9. The molecule has 2 nitrogen and oxygen atoms in total. The lowest BCUT2D eigenvalue weighted by Crippen LogP contribution is -2.66. The number of hydrogen-bond acceptors (Lipinski definition) is 3. The lowest BCUT2D eigenvalue weighted by atomic mass is 9.89. The molecule has 182 valence electrons. The Hall–Kier alpha value is -1.36. The first-order chi connectivity index (χ1) is 15.6. The van der Waals surface area contributed by atoms with Crippen molar-refractivity contribution in [1.82, 2.24) is 0 Å². The molecule has 0 aliphatic heterocycles. The standard InChI is InChI=1S/C29H44O2SSi/c1-8-32-28(30)21-24(3)19-23(2)20-25(4)22-31-33(29(5,6)7,26-15-11-9-12-16-26)27-17-13-10-14-18-27/h9-18,23-25H,8,19-22H2,1-7H3/t23-,24+,25-/m0/s1. The van der Waals surface area contributed by atoms with Crippen molar-refractivity contribution in [3.63, 3.8) is 0 Å². The van der Waals surface area contributed by atoms with Gasteiger partial charge in [0.1, 0.15) is 0 Å². The molecule has 0 saturated carbocycles. The Morgan fingerprint density at radius 3 is 1.79 bits per heavy atom. The van der Waals surface area contributed by atoms with Crippen LogP contribution in [-0.4, -0.2) is 25.8 Å². The van der Waals surface area contributed by atoms with Gasteiger partial charge in [0, 0.05) is 13.0 Å². The largest absolute Gasteiger partial charge is 0.407 e. The Balaban J connectivity index is 2.14. The van der Waals surface area contributed by atoms with E-state index in [1.807, 2.05) is 6.92 Å². The monoisotopic (exact) mass is 484 g/mol. The van der Waals surface area contributed by atoms with Gasteiger partial charge in [-0.25, -0.2) is 0 Å². The maximum Gasteiger partial charge on any atom is 0.261 e. The molecule has 2 aromatic carbocycles. The summed E-state index contributed by atoms with van der Waals surface area (Å²) in [5, 5.41) is 3.02. The van der Waals surface area contributed by atoms with Crippen LogP contribution in [0.5, 0.6) is 0 Å². The third-order valence-corrected chi connectivity index (χ3v) is 12.2. The summed E-state index contributed by atoms with van der Waals surface area (Å²) < 4.78 is 7.11. The smallest absolute Gasteiger partial charge is 0.261 e. The first-order valence-corrected chi connectivity index (χ1v) is 15.4. The van der Waals surface area contributed by atoms with E-state index in [-0.39, 0.29) is 5.04 Å². The van der Waals surface area contributed by atoms with Crippen molar-refractivity contribution in [2.75, 3.05) is 12.4 Å². The maximum absolute atomic E-state index is 12.0. The lowest BCUT2D eigenvalue weighted by Gasteiger charge is -2.43. The summed E-state index contributed by atoms with van der Waals surface area (Å²) in [6.07, 6.45) is 2.91. The van der Waals surface area contributed by atoms with Crippen molar-refractivity contribution in [1.29, 1.82) is 0 Å². The van der Waals surface area contributed by atoms with Crippen LogP contribution in [0.15, 0.2) is 60.7 Å². The van der Waals surface area contributed by atoms with Gasteiger partial charge in [0.05, 0.1) is 0 Å². The number of carbonyl (C=O) groups is 1. The Bertz CT molecular complexity index is 792. The molecule has 0 aromatic heterocycles. The predicted octanol–water partition coefficient (Wildman–Crippen LogP) is 6.92. The van der Waals surface area contributed by atoms with E-state index in [1.165, 1.54) is 22.1 Å². The second-order valence-corrected chi connectivity index (χ2v) is 16.4. The van der Waals surface area contributed by atoms with E-state index in [0.29, 0.717) is 29.3 Å². The lowest BCUT2D eigenvalue weighted by molar-refractivity contribution is -0.111. The minimum Gasteiger partial charge on any atom is -0.407 e. The normalized spacial score (nSPS) is 15.1. The fourth-order valence-corrected chi connectivity index (χ4v) is 10.6. The predicted molar refractivity (Wildman–Crippen MR) is 148 cm³/mol. The maximum atomic E-state index is 12.0. The molecule has 0 aliphatic rings. The molecule has 0 heterocycles. The van der Waals surface area contributed by atoms with Gasteiger partial charge in [-0.1, -0.05) is 121 Å². The Labute approximate surface area is 208 Å². The van der Waals surface area contributed by atoms with Crippen LogP contribution >= 0.6 is 11.8 Å². The molecule has 0 fully saturated rings. The fourth-order valence-electron chi connectivity index (χ4n) is 5.15. The van der Waals surface area contributed by atoms with E-state index in [9.17, 15) is 4.79 Å². The zero-order valence-corrected chi connectivity index (χ0v) is 23.6. The quantitative estimate of drug-likeness (QED) is 0.306. The summed E-state index contributed by atoms with van der Waals surface area (Å²) in [4.78, 5) is 12.0. The van der Waals surface area contributed by atoms with Gasteiger partial charge in [-0.05, 0) is 51.8 Å². The van der Waals surface area contributed by atoms with Crippen molar-refractivity contribution in [2.24, 2.45) is 17.8 Å². The second-order valence-electron chi connectivity index (χ2n) is 10.8. The van der Waals surface area contributed by atoms with E-state index >= 15 is 0 Å². The molecule has 0 bridgehead atoms. The van der Waals surface area contributed by atoms with Gasteiger partial charge < -0.3 is 4.43 Å². The van der Waals surface area contributed by atoms with Gasteiger partial charge in [-0.15, -0.1) is 0 Å². The van der Waals surface area contributed by atoms with Crippen LogP contribution in [0.3, 0.4) is 0 Å². The molecule has 33 heavy (non-hydrogen) atoms. The van der Waals surface area contributed by atoms with E-state index in [4.69, 9.17) is 4.43 Å². The summed E-state index contributed by atoms with van der Waals surface area (Å²) in [5.74, 6) is 2.36. The highest BCUT2D eigenvalue weighted by atomic mass is 32.2.